The molecule has 0 spiro atoms. The molecule has 1 aliphatic heterocycles. The second-order valence-corrected chi connectivity index (χ2v) is 6.20. The van der Waals surface area contributed by atoms with Gasteiger partial charge in [0.05, 0.1) is 11.5 Å². The Bertz CT molecular complexity index is 560. The van der Waals surface area contributed by atoms with Crippen molar-refractivity contribution in [3.63, 3.8) is 0 Å². The van der Waals surface area contributed by atoms with Gasteiger partial charge in [-0.05, 0) is 45.6 Å². The fraction of sp³-hybridized carbons (Fsp3) is 0.625. The summed E-state index contributed by atoms with van der Waals surface area (Å²) in [6, 6.07) is 2.16. The first kappa shape index (κ1) is 14.2. The SMILES string of the molecule is Cc1cc(C(=O)N2CCCC(C(=O)NC3CC3)C2)c(C)o1. The zero-order valence-corrected chi connectivity index (χ0v) is 12.6. The highest BCUT2D eigenvalue weighted by atomic mass is 16.3. The number of likely N-dealkylation sites (tertiary alicyclic amines) is 1. The number of carbonyl (C=O) groups is 2. The number of rotatable bonds is 3. The van der Waals surface area contributed by atoms with Crippen LogP contribution in [0.15, 0.2) is 10.5 Å². The molecule has 2 aliphatic rings. The van der Waals surface area contributed by atoms with Crippen molar-refractivity contribution in [2.45, 2.75) is 45.6 Å². The molecule has 1 saturated carbocycles. The maximum absolute atomic E-state index is 12.6. The zero-order chi connectivity index (χ0) is 15.0. The summed E-state index contributed by atoms with van der Waals surface area (Å²) in [4.78, 5) is 26.5. The Kier molecular flexibility index (Phi) is 3.74. The molecule has 1 saturated heterocycles. The number of nitrogens with zero attached hydrogens (tertiary/aromatic N) is 1. The number of piperidine rings is 1. The van der Waals surface area contributed by atoms with E-state index < -0.39 is 0 Å². The van der Waals surface area contributed by atoms with Crippen LogP contribution in [0.5, 0.6) is 0 Å². The minimum atomic E-state index is -0.0726. The van der Waals surface area contributed by atoms with Crippen molar-refractivity contribution in [3.8, 4) is 0 Å². The Morgan fingerprint density at radius 2 is 2.05 bits per heavy atom. The summed E-state index contributed by atoms with van der Waals surface area (Å²) in [5.74, 6) is 1.41. The van der Waals surface area contributed by atoms with E-state index >= 15 is 0 Å². The van der Waals surface area contributed by atoms with Crippen LogP contribution in [0, 0.1) is 19.8 Å². The number of furan rings is 1. The van der Waals surface area contributed by atoms with Crippen LogP contribution in [0.25, 0.3) is 0 Å². The highest BCUT2D eigenvalue weighted by Crippen LogP contribution is 2.24. The van der Waals surface area contributed by atoms with Gasteiger partial charge in [-0.1, -0.05) is 0 Å². The van der Waals surface area contributed by atoms with Crippen molar-refractivity contribution >= 4 is 11.8 Å². The largest absolute Gasteiger partial charge is 0.466 e. The lowest BCUT2D eigenvalue weighted by Gasteiger charge is -2.32. The van der Waals surface area contributed by atoms with Crippen molar-refractivity contribution in [2.24, 2.45) is 5.92 Å². The standard InChI is InChI=1S/C16H22N2O3/c1-10-8-14(11(2)21-10)16(20)18-7-3-4-12(9-18)15(19)17-13-5-6-13/h8,12-13H,3-7,9H2,1-2H3,(H,17,19). The van der Waals surface area contributed by atoms with Gasteiger partial charge >= 0.3 is 0 Å². The Morgan fingerprint density at radius 1 is 1.29 bits per heavy atom. The molecule has 1 aromatic heterocycles. The summed E-state index contributed by atoms with van der Waals surface area (Å²) < 4.78 is 5.43. The summed E-state index contributed by atoms with van der Waals surface area (Å²) in [5.41, 5.74) is 0.621. The summed E-state index contributed by atoms with van der Waals surface area (Å²) in [6.45, 7) is 4.88. The third-order valence-corrected chi connectivity index (χ3v) is 4.27. The normalized spacial score (nSPS) is 22.2. The number of carbonyl (C=O) groups excluding carboxylic acids is 2. The molecule has 2 heterocycles. The van der Waals surface area contributed by atoms with E-state index in [0.717, 1.165) is 38.0 Å². The molecule has 5 nitrogen and oxygen atoms in total. The van der Waals surface area contributed by atoms with E-state index in [9.17, 15) is 9.59 Å². The first-order valence-corrected chi connectivity index (χ1v) is 7.71. The molecular formula is C16H22N2O3. The fourth-order valence-corrected chi connectivity index (χ4v) is 2.94. The van der Waals surface area contributed by atoms with Crippen LogP contribution < -0.4 is 5.32 Å². The monoisotopic (exact) mass is 290 g/mol. The molecule has 0 radical (unpaired) electrons. The van der Waals surface area contributed by atoms with Crippen LogP contribution in [0.2, 0.25) is 0 Å². The number of nitrogens with one attached hydrogen (secondary N) is 1. The topological polar surface area (TPSA) is 62.6 Å². The summed E-state index contributed by atoms with van der Waals surface area (Å²) >= 11 is 0. The molecule has 3 rings (SSSR count). The first-order valence-electron chi connectivity index (χ1n) is 7.71. The molecule has 1 unspecified atom stereocenters. The van der Waals surface area contributed by atoms with Gasteiger partial charge < -0.3 is 14.6 Å². The van der Waals surface area contributed by atoms with Gasteiger partial charge in [0.15, 0.2) is 0 Å². The molecule has 1 aromatic rings. The molecule has 5 heteroatoms. The van der Waals surface area contributed by atoms with Gasteiger partial charge in [-0.25, -0.2) is 0 Å². The quantitative estimate of drug-likeness (QED) is 0.926. The number of aryl methyl sites for hydroxylation is 2. The van der Waals surface area contributed by atoms with Crippen molar-refractivity contribution in [3.05, 3.63) is 23.2 Å². The highest BCUT2D eigenvalue weighted by Gasteiger charge is 2.32. The average Bonchev–Trinajstić information content (AvgIpc) is 3.21. The van der Waals surface area contributed by atoms with Crippen molar-refractivity contribution < 1.29 is 14.0 Å². The lowest BCUT2D eigenvalue weighted by atomic mass is 9.96. The number of hydrogen-bond acceptors (Lipinski definition) is 3. The molecule has 1 aliphatic carbocycles. The first-order chi connectivity index (χ1) is 10.0. The van der Waals surface area contributed by atoms with Crippen molar-refractivity contribution in [1.82, 2.24) is 10.2 Å². The van der Waals surface area contributed by atoms with Crippen LogP contribution in [0.1, 0.15) is 47.6 Å². The maximum atomic E-state index is 12.6. The van der Waals surface area contributed by atoms with E-state index in [1.807, 2.05) is 13.8 Å². The maximum Gasteiger partial charge on any atom is 0.257 e. The smallest absolute Gasteiger partial charge is 0.257 e. The lowest BCUT2D eigenvalue weighted by molar-refractivity contribution is -0.126. The Morgan fingerprint density at radius 3 is 2.67 bits per heavy atom. The summed E-state index contributed by atoms with van der Waals surface area (Å²) in [7, 11) is 0. The second kappa shape index (κ2) is 5.54. The van der Waals surface area contributed by atoms with Crippen LogP contribution in [0.4, 0.5) is 0 Å². The van der Waals surface area contributed by atoms with Crippen molar-refractivity contribution in [1.29, 1.82) is 0 Å². The van der Waals surface area contributed by atoms with E-state index in [1.54, 1.807) is 11.0 Å². The number of amides is 2. The van der Waals surface area contributed by atoms with Gasteiger partial charge in [0.2, 0.25) is 5.91 Å². The molecule has 21 heavy (non-hydrogen) atoms. The average molecular weight is 290 g/mol. The van der Waals surface area contributed by atoms with E-state index in [4.69, 9.17) is 4.42 Å². The van der Waals surface area contributed by atoms with E-state index in [-0.39, 0.29) is 17.7 Å². The molecule has 114 valence electrons. The second-order valence-electron chi connectivity index (χ2n) is 6.20. The molecular weight excluding hydrogens is 268 g/mol. The molecule has 0 aromatic carbocycles. The molecule has 2 fully saturated rings. The Hall–Kier alpha value is -1.78. The minimum absolute atomic E-state index is 0.0201. The van der Waals surface area contributed by atoms with Gasteiger partial charge in [0.25, 0.3) is 5.91 Å². The lowest BCUT2D eigenvalue weighted by Crippen LogP contribution is -2.45. The summed E-state index contributed by atoms with van der Waals surface area (Å²) in [5, 5.41) is 3.04. The van der Waals surface area contributed by atoms with E-state index in [1.165, 1.54) is 0 Å². The van der Waals surface area contributed by atoms with Crippen LogP contribution in [0.3, 0.4) is 0 Å². The van der Waals surface area contributed by atoms with E-state index in [0.29, 0.717) is 23.9 Å². The fourth-order valence-electron chi connectivity index (χ4n) is 2.94. The minimum Gasteiger partial charge on any atom is -0.466 e. The molecule has 0 bridgehead atoms. The third kappa shape index (κ3) is 3.12. The number of hydrogen-bond donors (Lipinski definition) is 1. The van der Waals surface area contributed by atoms with E-state index in [2.05, 4.69) is 5.32 Å². The Labute approximate surface area is 124 Å². The highest BCUT2D eigenvalue weighted by molar-refractivity contribution is 5.95. The third-order valence-electron chi connectivity index (χ3n) is 4.27. The predicted octanol–water partition coefficient (Wildman–Crippen LogP) is 2.03. The van der Waals surface area contributed by atoms with Crippen LogP contribution in [-0.4, -0.2) is 35.8 Å². The Balaban J connectivity index is 1.66. The molecule has 2 amide bonds. The molecule has 1 N–H and O–H groups in total. The van der Waals surface area contributed by atoms with Crippen LogP contribution in [-0.2, 0) is 4.79 Å². The predicted molar refractivity (Wildman–Crippen MR) is 78.0 cm³/mol. The zero-order valence-electron chi connectivity index (χ0n) is 12.6. The summed E-state index contributed by atoms with van der Waals surface area (Å²) in [6.07, 6.45) is 3.93. The van der Waals surface area contributed by atoms with Gasteiger partial charge in [-0.15, -0.1) is 0 Å². The molecule has 1 atom stereocenters. The van der Waals surface area contributed by atoms with Crippen molar-refractivity contribution in [2.75, 3.05) is 13.1 Å². The van der Waals surface area contributed by atoms with Gasteiger partial charge in [0, 0.05) is 19.1 Å². The van der Waals surface area contributed by atoms with Gasteiger partial charge in [0.1, 0.15) is 11.5 Å². The van der Waals surface area contributed by atoms with Crippen LogP contribution >= 0.6 is 0 Å². The van der Waals surface area contributed by atoms with Gasteiger partial charge in [-0.2, -0.15) is 0 Å². The van der Waals surface area contributed by atoms with Gasteiger partial charge in [-0.3, -0.25) is 9.59 Å².